The second kappa shape index (κ2) is 12.6. The van der Waals surface area contributed by atoms with E-state index < -0.39 is 5.97 Å². The molecule has 0 unspecified atom stereocenters. The quantitative estimate of drug-likeness (QED) is 0.523. The zero-order valence-corrected chi connectivity index (χ0v) is 20.0. The summed E-state index contributed by atoms with van der Waals surface area (Å²) in [5, 5.41) is 13.2. The molecule has 0 aromatic heterocycles. The first-order valence-electron chi connectivity index (χ1n) is 11.3. The number of nitrogens with zero attached hydrogens (tertiary/aromatic N) is 1. The Morgan fingerprint density at radius 1 is 0.818 bits per heavy atom. The van der Waals surface area contributed by atoms with Gasteiger partial charge in [-0.05, 0) is 50.5 Å². The summed E-state index contributed by atoms with van der Waals surface area (Å²) in [6, 6.07) is 24.5. The molecule has 0 aliphatic rings. The summed E-state index contributed by atoms with van der Waals surface area (Å²) in [5.41, 5.74) is 4.76. The van der Waals surface area contributed by atoms with E-state index in [-0.39, 0.29) is 11.5 Å². The number of aryl methyl sites for hydroxylation is 1. The van der Waals surface area contributed by atoms with Crippen LogP contribution in [-0.2, 0) is 11.3 Å². The molecular formula is C28H34N2O3. The van der Waals surface area contributed by atoms with Gasteiger partial charge in [0.05, 0.1) is 19.1 Å². The Morgan fingerprint density at radius 2 is 1.39 bits per heavy atom. The van der Waals surface area contributed by atoms with Crippen molar-refractivity contribution in [1.82, 2.24) is 0 Å². The zero-order chi connectivity index (χ0) is 24.3. The van der Waals surface area contributed by atoms with Crippen molar-refractivity contribution < 1.29 is 19.2 Å². The molecule has 0 bridgehead atoms. The first-order valence-corrected chi connectivity index (χ1v) is 11.3. The maximum absolute atomic E-state index is 12.7. The van der Waals surface area contributed by atoms with Gasteiger partial charge in [0.15, 0.2) is 6.54 Å². The highest BCUT2D eigenvalue weighted by atomic mass is 16.4. The molecule has 174 valence electrons. The molecule has 0 radical (unpaired) electrons. The van der Waals surface area contributed by atoms with E-state index >= 15 is 0 Å². The number of carboxylic acid groups (broad SMARTS) is 1. The van der Waals surface area contributed by atoms with Crippen molar-refractivity contribution in [1.29, 1.82) is 0 Å². The fourth-order valence-corrected chi connectivity index (χ4v) is 3.65. The summed E-state index contributed by atoms with van der Waals surface area (Å²) in [6.07, 6.45) is 0. The summed E-state index contributed by atoms with van der Waals surface area (Å²) in [4.78, 5) is 22.8. The maximum atomic E-state index is 12.7. The molecule has 0 aliphatic heterocycles. The van der Waals surface area contributed by atoms with Gasteiger partial charge in [-0.3, -0.25) is 4.79 Å². The van der Waals surface area contributed by atoms with Gasteiger partial charge in [-0.1, -0.05) is 72.8 Å². The minimum atomic E-state index is -1.13. The molecule has 0 saturated heterocycles. The second-order valence-electron chi connectivity index (χ2n) is 8.23. The van der Waals surface area contributed by atoms with Gasteiger partial charge >= 0.3 is 0 Å². The van der Waals surface area contributed by atoms with Gasteiger partial charge < -0.3 is 19.7 Å². The summed E-state index contributed by atoms with van der Waals surface area (Å²) < 4.78 is 0.765. The number of quaternary nitrogens is 1. The first kappa shape index (κ1) is 25.8. The number of anilines is 1. The van der Waals surface area contributed by atoms with Crippen molar-refractivity contribution in [2.24, 2.45) is 0 Å². The zero-order valence-electron chi connectivity index (χ0n) is 20.0. The van der Waals surface area contributed by atoms with E-state index in [1.165, 1.54) is 23.3 Å². The van der Waals surface area contributed by atoms with Crippen LogP contribution in [0, 0.1) is 13.8 Å². The number of likely N-dealkylation sites (N-methyl/N-ethyl adjacent to an activating group) is 1. The molecule has 0 fully saturated rings. The van der Waals surface area contributed by atoms with Crippen LogP contribution < -0.4 is 10.4 Å². The van der Waals surface area contributed by atoms with E-state index in [4.69, 9.17) is 0 Å². The molecule has 5 heteroatoms. The standard InChI is InChI=1S/C21H28N2O.C7H6O2/c1-5-23(6-2,15-19-12-8-7-9-13-19)16-21(24)22-20-14-10-11-17(3)18(20)4;8-7(9)6-4-2-1-3-5-6/h7-14H,5-6,15-16H2,1-4H3;1-5H,(H,8,9). The number of carbonyl (C=O) groups is 2. The van der Waals surface area contributed by atoms with Crippen LogP contribution in [0.2, 0.25) is 0 Å². The Labute approximate surface area is 197 Å². The lowest BCUT2D eigenvalue weighted by atomic mass is 10.1. The van der Waals surface area contributed by atoms with E-state index in [9.17, 15) is 14.7 Å². The second-order valence-corrected chi connectivity index (χ2v) is 8.23. The first-order chi connectivity index (χ1) is 15.8. The predicted molar refractivity (Wildman–Crippen MR) is 132 cm³/mol. The van der Waals surface area contributed by atoms with Crippen LogP contribution in [0.15, 0.2) is 78.9 Å². The molecule has 0 spiro atoms. The van der Waals surface area contributed by atoms with Gasteiger partial charge in [-0.15, -0.1) is 0 Å². The third-order valence-corrected chi connectivity index (χ3v) is 6.07. The number of nitrogens with one attached hydrogen (secondary N) is 1. The van der Waals surface area contributed by atoms with E-state index in [0.29, 0.717) is 6.54 Å². The minimum absolute atomic E-state index is 0.0864. The number of hydrogen-bond acceptors (Lipinski definition) is 3. The Hall–Kier alpha value is -3.44. The molecule has 3 aromatic carbocycles. The van der Waals surface area contributed by atoms with Crippen molar-refractivity contribution in [2.75, 3.05) is 25.0 Å². The Kier molecular flexibility index (Phi) is 9.83. The van der Waals surface area contributed by atoms with E-state index in [1.807, 2.05) is 18.2 Å². The summed E-state index contributed by atoms with van der Waals surface area (Å²) in [6.45, 7) is 11.7. The maximum Gasteiger partial charge on any atom is 0.279 e. The molecule has 0 aliphatic carbocycles. The molecule has 3 aromatic rings. The molecule has 1 amide bonds. The summed E-state index contributed by atoms with van der Waals surface area (Å²) >= 11 is 0. The van der Waals surface area contributed by atoms with Gasteiger partial charge in [0.25, 0.3) is 5.91 Å². The largest absolute Gasteiger partial charge is 0.545 e. The molecule has 0 saturated carbocycles. The fraction of sp³-hybridized carbons (Fsp3) is 0.286. The van der Waals surface area contributed by atoms with Gasteiger partial charge in [0, 0.05) is 11.3 Å². The highest BCUT2D eigenvalue weighted by molar-refractivity contribution is 5.92. The number of amides is 1. The lowest BCUT2D eigenvalue weighted by Gasteiger charge is -2.36. The lowest BCUT2D eigenvalue weighted by Crippen LogP contribution is -2.51. The van der Waals surface area contributed by atoms with Crippen molar-refractivity contribution in [2.45, 2.75) is 34.2 Å². The SMILES string of the molecule is CC[N+](CC)(CC(=O)Nc1cccc(C)c1C)Cc1ccccc1.O=C([O-])c1ccccc1. The molecule has 33 heavy (non-hydrogen) atoms. The van der Waals surface area contributed by atoms with Crippen molar-refractivity contribution >= 4 is 17.6 Å². The Bertz CT molecular complexity index is 1030. The van der Waals surface area contributed by atoms with Crippen LogP contribution in [0.1, 0.15) is 40.9 Å². The molecule has 5 nitrogen and oxygen atoms in total. The van der Waals surface area contributed by atoms with E-state index in [2.05, 4.69) is 63.3 Å². The van der Waals surface area contributed by atoms with Crippen LogP contribution in [0.25, 0.3) is 0 Å². The number of hydrogen-bond donors (Lipinski definition) is 1. The normalized spacial score (nSPS) is 10.7. The van der Waals surface area contributed by atoms with Crippen molar-refractivity contribution in [3.63, 3.8) is 0 Å². The van der Waals surface area contributed by atoms with Crippen LogP contribution in [-0.4, -0.2) is 36.0 Å². The van der Waals surface area contributed by atoms with E-state index in [0.717, 1.165) is 35.4 Å². The molecule has 3 rings (SSSR count). The molecule has 0 heterocycles. The number of benzene rings is 3. The number of rotatable bonds is 8. The highest BCUT2D eigenvalue weighted by Crippen LogP contribution is 2.19. The van der Waals surface area contributed by atoms with Crippen LogP contribution in [0.4, 0.5) is 5.69 Å². The van der Waals surface area contributed by atoms with Crippen LogP contribution in [0.5, 0.6) is 0 Å². The summed E-state index contributed by atoms with van der Waals surface area (Å²) in [5.74, 6) is -1.04. The number of carbonyl (C=O) groups excluding carboxylic acids is 2. The topological polar surface area (TPSA) is 69.2 Å². The molecule has 0 atom stereocenters. The third kappa shape index (κ3) is 7.88. The minimum Gasteiger partial charge on any atom is -0.545 e. The third-order valence-electron chi connectivity index (χ3n) is 6.07. The lowest BCUT2D eigenvalue weighted by molar-refractivity contribution is -0.930. The van der Waals surface area contributed by atoms with Crippen molar-refractivity contribution in [3.8, 4) is 0 Å². The summed E-state index contributed by atoms with van der Waals surface area (Å²) in [7, 11) is 0. The van der Waals surface area contributed by atoms with Gasteiger partial charge in [0.2, 0.25) is 0 Å². The fourth-order valence-electron chi connectivity index (χ4n) is 3.65. The number of carboxylic acids is 1. The van der Waals surface area contributed by atoms with Crippen molar-refractivity contribution in [3.05, 3.63) is 101 Å². The predicted octanol–water partition coefficient (Wildman–Crippen LogP) is 4.35. The van der Waals surface area contributed by atoms with E-state index in [1.54, 1.807) is 18.2 Å². The average molecular weight is 447 g/mol. The number of aromatic carboxylic acids is 1. The van der Waals surface area contributed by atoms with Gasteiger partial charge in [-0.25, -0.2) is 0 Å². The molecular weight excluding hydrogens is 412 g/mol. The Morgan fingerprint density at radius 3 is 1.91 bits per heavy atom. The monoisotopic (exact) mass is 446 g/mol. The van der Waals surface area contributed by atoms with Crippen LogP contribution >= 0.6 is 0 Å². The smallest absolute Gasteiger partial charge is 0.279 e. The van der Waals surface area contributed by atoms with Crippen LogP contribution in [0.3, 0.4) is 0 Å². The Balaban J connectivity index is 0.000000357. The molecule has 1 N–H and O–H groups in total. The average Bonchev–Trinajstić information content (AvgIpc) is 2.83. The highest BCUT2D eigenvalue weighted by Gasteiger charge is 2.27. The van der Waals surface area contributed by atoms with Gasteiger partial charge in [-0.2, -0.15) is 0 Å². The van der Waals surface area contributed by atoms with Gasteiger partial charge in [0.1, 0.15) is 6.54 Å².